The molecule has 1 heterocycles. The predicted molar refractivity (Wildman–Crippen MR) is 134 cm³/mol. The molecule has 6 nitrogen and oxygen atoms in total. The summed E-state index contributed by atoms with van der Waals surface area (Å²) in [5.41, 5.74) is 4.48. The first-order valence-corrected chi connectivity index (χ1v) is 12.8. The molecule has 0 amide bonds. The Labute approximate surface area is 209 Å². The lowest BCUT2D eigenvalue weighted by Crippen LogP contribution is -2.40. The first-order chi connectivity index (χ1) is 16.5. The molecule has 0 radical (unpaired) electrons. The number of nitrogens with zero attached hydrogens (tertiary/aromatic N) is 1. The summed E-state index contributed by atoms with van der Waals surface area (Å²) in [6.45, 7) is 7.64. The van der Waals surface area contributed by atoms with Crippen LogP contribution >= 0.6 is 15.9 Å². The van der Waals surface area contributed by atoms with Gasteiger partial charge < -0.3 is 19.1 Å². The van der Waals surface area contributed by atoms with Crippen molar-refractivity contribution in [2.24, 2.45) is 0 Å². The maximum atomic E-state index is 13.4. The predicted octanol–water partition coefficient (Wildman–Crippen LogP) is 5.47. The molecule has 0 aromatic heterocycles. The van der Waals surface area contributed by atoms with E-state index < -0.39 is 5.92 Å². The van der Waals surface area contributed by atoms with Crippen molar-refractivity contribution in [2.45, 2.75) is 51.4 Å². The van der Waals surface area contributed by atoms with Crippen LogP contribution in [-0.4, -0.2) is 49.9 Å². The average Bonchev–Trinajstić information content (AvgIpc) is 2.82. The van der Waals surface area contributed by atoms with Crippen molar-refractivity contribution in [3.63, 3.8) is 0 Å². The Bertz CT molecular complexity index is 1010. The molecule has 2 aliphatic carbocycles. The molecule has 1 aromatic rings. The van der Waals surface area contributed by atoms with Crippen LogP contribution in [0, 0.1) is 0 Å². The third-order valence-electron chi connectivity index (χ3n) is 6.62. The van der Waals surface area contributed by atoms with Gasteiger partial charge in [-0.05, 0) is 66.2 Å². The Morgan fingerprint density at radius 3 is 2.26 bits per heavy atom. The minimum Gasteiger partial charge on any atom is -0.490 e. The third kappa shape index (κ3) is 4.60. The molecular formula is C27H32BrNO5. The van der Waals surface area contributed by atoms with Gasteiger partial charge in [-0.2, -0.15) is 0 Å². The summed E-state index contributed by atoms with van der Waals surface area (Å²) in [5.74, 6) is 1.04. The van der Waals surface area contributed by atoms with Gasteiger partial charge in [-0.25, -0.2) is 0 Å². The minimum absolute atomic E-state index is 0.125. The van der Waals surface area contributed by atoms with E-state index >= 15 is 0 Å². The second-order valence-corrected chi connectivity index (χ2v) is 9.57. The number of carbonyl (C=O) groups is 2. The normalized spacial score (nSPS) is 18.7. The Hall–Kier alpha value is -2.38. The highest BCUT2D eigenvalue weighted by molar-refractivity contribution is 9.10. The van der Waals surface area contributed by atoms with Crippen LogP contribution in [0.4, 0.5) is 0 Å². The highest BCUT2D eigenvalue weighted by Gasteiger charge is 2.43. The molecule has 182 valence electrons. The molecule has 0 saturated carbocycles. The monoisotopic (exact) mass is 529 g/mol. The van der Waals surface area contributed by atoms with Gasteiger partial charge in [0.1, 0.15) is 6.61 Å². The molecular weight excluding hydrogens is 498 g/mol. The van der Waals surface area contributed by atoms with E-state index in [0.29, 0.717) is 50.7 Å². The molecule has 0 fully saturated rings. The summed E-state index contributed by atoms with van der Waals surface area (Å²) in [7, 11) is 1.68. The lowest BCUT2D eigenvalue weighted by molar-refractivity contribution is -0.117. The van der Waals surface area contributed by atoms with Crippen LogP contribution < -0.4 is 9.47 Å². The van der Waals surface area contributed by atoms with Crippen LogP contribution in [0.1, 0.15) is 56.9 Å². The van der Waals surface area contributed by atoms with Crippen LogP contribution in [0.15, 0.2) is 51.8 Å². The smallest absolute Gasteiger partial charge is 0.175 e. The van der Waals surface area contributed by atoms with Crippen LogP contribution in [0.2, 0.25) is 0 Å². The summed E-state index contributed by atoms with van der Waals surface area (Å²) in [6.07, 6.45) is 5.99. The Morgan fingerprint density at radius 1 is 1.06 bits per heavy atom. The van der Waals surface area contributed by atoms with Gasteiger partial charge in [-0.15, -0.1) is 0 Å². The van der Waals surface area contributed by atoms with E-state index in [0.717, 1.165) is 58.3 Å². The van der Waals surface area contributed by atoms with E-state index in [1.807, 2.05) is 19.1 Å². The summed E-state index contributed by atoms with van der Waals surface area (Å²) >= 11 is 3.65. The molecule has 0 saturated heterocycles. The van der Waals surface area contributed by atoms with Crippen molar-refractivity contribution >= 4 is 27.5 Å². The van der Waals surface area contributed by atoms with E-state index in [1.54, 1.807) is 13.2 Å². The molecule has 1 aromatic carbocycles. The van der Waals surface area contributed by atoms with E-state index in [2.05, 4.69) is 27.4 Å². The van der Waals surface area contributed by atoms with Crippen LogP contribution in [0.3, 0.4) is 0 Å². The molecule has 1 aliphatic heterocycles. The van der Waals surface area contributed by atoms with Gasteiger partial charge in [-0.3, -0.25) is 9.59 Å². The van der Waals surface area contributed by atoms with Gasteiger partial charge in [0.2, 0.25) is 0 Å². The number of hydrogen-bond donors (Lipinski definition) is 0. The number of halogens is 1. The lowest BCUT2D eigenvalue weighted by Gasteiger charge is -2.44. The zero-order valence-corrected chi connectivity index (χ0v) is 21.5. The molecule has 0 bridgehead atoms. The highest BCUT2D eigenvalue weighted by atomic mass is 79.9. The SMILES string of the molecule is C=CCOc1c(Br)cc(C2C3=C(CCCC3=O)N(CCOC)C3=C2C(=O)CCC3)cc1OCC. The van der Waals surface area contributed by atoms with Crippen LogP contribution in [-0.2, 0) is 14.3 Å². The molecule has 7 heteroatoms. The fourth-order valence-electron chi connectivity index (χ4n) is 5.30. The second kappa shape index (κ2) is 10.9. The number of rotatable bonds is 9. The fourth-order valence-corrected chi connectivity index (χ4v) is 5.88. The van der Waals surface area contributed by atoms with Crippen LogP contribution in [0.25, 0.3) is 0 Å². The summed E-state index contributed by atoms with van der Waals surface area (Å²) in [6, 6.07) is 3.90. The van der Waals surface area contributed by atoms with Crippen molar-refractivity contribution in [1.82, 2.24) is 4.90 Å². The number of benzene rings is 1. The zero-order chi connectivity index (χ0) is 24.2. The third-order valence-corrected chi connectivity index (χ3v) is 7.21. The maximum Gasteiger partial charge on any atom is 0.175 e. The zero-order valence-electron chi connectivity index (χ0n) is 20.0. The first kappa shape index (κ1) is 24.7. The second-order valence-electron chi connectivity index (χ2n) is 8.71. The maximum absolute atomic E-state index is 13.4. The van der Waals surface area contributed by atoms with Crippen molar-refractivity contribution in [3.8, 4) is 11.5 Å². The Morgan fingerprint density at radius 2 is 1.71 bits per heavy atom. The summed E-state index contributed by atoms with van der Waals surface area (Å²) in [4.78, 5) is 29.0. The number of methoxy groups -OCH3 is 1. The van der Waals surface area contributed by atoms with Gasteiger partial charge >= 0.3 is 0 Å². The largest absolute Gasteiger partial charge is 0.490 e. The number of ketones is 2. The topological polar surface area (TPSA) is 65.1 Å². The average molecular weight is 530 g/mol. The Kier molecular flexibility index (Phi) is 7.94. The quantitative estimate of drug-likeness (QED) is 0.395. The van der Waals surface area contributed by atoms with Crippen molar-refractivity contribution in [1.29, 1.82) is 0 Å². The Balaban J connectivity index is 1.91. The molecule has 0 atom stereocenters. The molecule has 34 heavy (non-hydrogen) atoms. The van der Waals surface area contributed by atoms with Crippen molar-refractivity contribution < 1.29 is 23.8 Å². The molecule has 3 aliphatic rings. The number of ether oxygens (including phenoxy) is 3. The molecule has 0 spiro atoms. The van der Waals surface area contributed by atoms with Gasteiger partial charge in [0.25, 0.3) is 0 Å². The number of carbonyl (C=O) groups excluding carboxylic acids is 2. The van der Waals surface area contributed by atoms with Crippen molar-refractivity contribution in [2.75, 3.05) is 33.5 Å². The van der Waals surface area contributed by atoms with Gasteiger partial charge in [0.15, 0.2) is 23.1 Å². The minimum atomic E-state index is -0.395. The highest BCUT2D eigenvalue weighted by Crippen LogP contribution is 2.51. The summed E-state index contributed by atoms with van der Waals surface area (Å²) in [5, 5.41) is 0. The number of hydrogen-bond acceptors (Lipinski definition) is 6. The molecule has 0 unspecified atom stereocenters. The number of allylic oxidation sites excluding steroid dienone is 4. The number of Topliss-reactive ketones (excluding diaryl/α,β-unsaturated/α-hetero) is 2. The van der Waals surface area contributed by atoms with E-state index in [1.165, 1.54) is 0 Å². The van der Waals surface area contributed by atoms with Gasteiger partial charge in [0.05, 0.1) is 17.7 Å². The van der Waals surface area contributed by atoms with E-state index in [9.17, 15) is 9.59 Å². The molecule has 4 rings (SSSR count). The summed E-state index contributed by atoms with van der Waals surface area (Å²) < 4.78 is 17.9. The first-order valence-electron chi connectivity index (χ1n) is 12.0. The lowest BCUT2D eigenvalue weighted by atomic mass is 9.71. The van der Waals surface area contributed by atoms with E-state index in [4.69, 9.17) is 14.2 Å². The molecule has 0 N–H and O–H groups in total. The standard InChI is InChI=1S/C27H32BrNO5/c1-4-13-34-27-18(28)15-17(16-23(27)33-5-2)24-25-19(8-6-10-21(25)30)29(12-14-32-3)20-9-7-11-22(31)26(20)24/h4,15-16,24H,1,5-14H2,2-3H3. The van der Waals surface area contributed by atoms with Gasteiger partial charge in [0, 0.05) is 55.0 Å². The van der Waals surface area contributed by atoms with Crippen LogP contribution in [0.5, 0.6) is 11.5 Å². The fraction of sp³-hybridized carbons (Fsp3) is 0.481. The van der Waals surface area contributed by atoms with Gasteiger partial charge in [-0.1, -0.05) is 12.7 Å². The van der Waals surface area contributed by atoms with E-state index in [-0.39, 0.29) is 11.6 Å². The van der Waals surface area contributed by atoms with Crippen molar-refractivity contribution in [3.05, 3.63) is 57.4 Å².